The molecular weight excluding hydrogens is 208 g/mol. The lowest BCUT2D eigenvalue weighted by Crippen LogP contribution is -2.32. The molecule has 90 valence electrons. The van der Waals surface area contributed by atoms with Crippen LogP contribution in [0.5, 0.6) is 0 Å². The van der Waals surface area contributed by atoms with Gasteiger partial charge in [0.25, 0.3) is 0 Å². The molecule has 0 saturated heterocycles. The minimum absolute atomic E-state index is 0.284. The molecule has 0 amide bonds. The largest absolute Gasteiger partial charge is 0.317 e. The molecule has 0 saturated carbocycles. The number of rotatable bonds is 5. The van der Waals surface area contributed by atoms with Crippen LogP contribution < -0.4 is 5.32 Å². The smallest absolute Gasteiger partial charge is 0.126 e. The summed E-state index contributed by atoms with van der Waals surface area (Å²) in [5.41, 5.74) is 0.459. The molecule has 0 fully saturated rings. The SMILES string of the molecule is CCC(NC)C(C)Cc1cc(F)ccc1F. The van der Waals surface area contributed by atoms with E-state index in [4.69, 9.17) is 0 Å². The van der Waals surface area contributed by atoms with Gasteiger partial charge >= 0.3 is 0 Å². The summed E-state index contributed by atoms with van der Waals surface area (Å²) >= 11 is 0. The van der Waals surface area contributed by atoms with Gasteiger partial charge in [-0.05, 0) is 49.6 Å². The molecule has 0 spiro atoms. The standard InChI is InChI=1S/C13H19F2N/c1-4-13(16-3)9(2)7-10-8-11(14)5-6-12(10)15/h5-6,8-9,13,16H,4,7H2,1-3H3. The Labute approximate surface area is 95.9 Å². The first-order valence-corrected chi connectivity index (χ1v) is 5.69. The molecule has 16 heavy (non-hydrogen) atoms. The Morgan fingerprint density at radius 2 is 2.00 bits per heavy atom. The van der Waals surface area contributed by atoms with E-state index < -0.39 is 0 Å². The fraction of sp³-hybridized carbons (Fsp3) is 0.538. The van der Waals surface area contributed by atoms with Crippen LogP contribution in [-0.2, 0) is 6.42 Å². The van der Waals surface area contributed by atoms with E-state index >= 15 is 0 Å². The third kappa shape index (κ3) is 3.27. The quantitative estimate of drug-likeness (QED) is 0.814. The van der Waals surface area contributed by atoms with Crippen LogP contribution in [-0.4, -0.2) is 13.1 Å². The third-order valence-electron chi connectivity index (χ3n) is 3.05. The second-order valence-corrected chi connectivity index (χ2v) is 4.22. The number of benzene rings is 1. The van der Waals surface area contributed by atoms with Crippen LogP contribution in [0.1, 0.15) is 25.8 Å². The molecule has 1 rings (SSSR count). The fourth-order valence-corrected chi connectivity index (χ4v) is 2.08. The summed E-state index contributed by atoms with van der Waals surface area (Å²) in [6, 6.07) is 3.97. The summed E-state index contributed by atoms with van der Waals surface area (Å²) in [5, 5.41) is 3.19. The summed E-state index contributed by atoms with van der Waals surface area (Å²) in [5.74, 6) is -0.411. The minimum Gasteiger partial charge on any atom is -0.317 e. The number of nitrogens with one attached hydrogen (secondary N) is 1. The molecule has 0 heterocycles. The Balaban J connectivity index is 2.75. The van der Waals surface area contributed by atoms with E-state index in [1.807, 2.05) is 7.05 Å². The van der Waals surface area contributed by atoms with Crippen molar-refractivity contribution < 1.29 is 8.78 Å². The maximum Gasteiger partial charge on any atom is 0.126 e. The van der Waals surface area contributed by atoms with Crippen LogP contribution >= 0.6 is 0 Å². The van der Waals surface area contributed by atoms with Crippen molar-refractivity contribution in [2.75, 3.05) is 7.05 Å². The maximum absolute atomic E-state index is 13.4. The van der Waals surface area contributed by atoms with Gasteiger partial charge in [-0.25, -0.2) is 8.78 Å². The summed E-state index contributed by atoms with van der Waals surface area (Å²) in [6.07, 6.45) is 1.54. The molecule has 0 bridgehead atoms. The van der Waals surface area contributed by atoms with Gasteiger partial charge in [-0.3, -0.25) is 0 Å². The number of halogens is 2. The predicted molar refractivity (Wildman–Crippen MR) is 62.4 cm³/mol. The molecule has 0 aliphatic carbocycles. The van der Waals surface area contributed by atoms with Gasteiger partial charge in [-0.15, -0.1) is 0 Å². The second-order valence-electron chi connectivity index (χ2n) is 4.22. The lowest BCUT2D eigenvalue weighted by molar-refractivity contribution is 0.381. The lowest BCUT2D eigenvalue weighted by Gasteiger charge is -2.22. The van der Waals surface area contributed by atoms with Crippen molar-refractivity contribution in [3.05, 3.63) is 35.4 Å². The highest BCUT2D eigenvalue weighted by molar-refractivity contribution is 5.19. The van der Waals surface area contributed by atoms with Crippen molar-refractivity contribution in [3.8, 4) is 0 Å². The van der Waals surface area contributed by atoms with Gasteiger partial charge in [0.2, 0.25) is 0 Å². The lowest BCUT2D eigenvalue weighted by atomic mass is 9.92. The molecule has 1 N–H and O–H groups in total. The third-order valence-corrected chi connectivity index (χ3v) is 3.05. The van der Waals surface area contributed by atoms with E-state index in [1.54, 1.807) is 0 Å². The predicted octanol–water partition coefficient (Wildman–Crippen LogP) is 3.14. The van der Waals surface area contributed by atoms with Crippen LogP contribution in [0, 0.1) is 17.6 Å². The molecule has 0 aromatic heterocycles. The van der Waals surface area contributed by atoms with Gasteiger partial charge in [0, 0.05) is 6.04 Å². The topological polar surface area (TPSA) is 12.0 Å². The van der Waals surface area contributed by atoms with Crippen molar-refractivity contribution in [3.63, 3.8) is 0 Å². The van der Waals surface area contributed by atoms with E-state index in [-0.39, 0.29) is 17.6 Å². The van der Waals surface area contributed by atoms with E-state index in [9.17, 15) is 8.78 Å². The van der Waals surface area contributed by atoms with Gasteiger partial charge in [-0.1, -0.05) is 13.8 Å². The van der Waals surface area contributed by atoms with Crippen molar-refractivity contribution in [1.82, 2.24) is 5.32 Å². The van der Waals surface area contributed by atoms with Crippen molar-refractivity contribution >= 4 is 0 Å². The summed E-state index contributed by atoms with van der Waals surface area (Å²) < 4.78 is 26.4. The molecule has 1 aromatic rings. The highest BCUT2D eigenvalue weighted by Crippen LogP contribution is 2.17. The Morgan fingerprint density at radius 1 is 1.31 bits per heavy atom. The van der Waals surface area contributed by atoms with Crippen LogP contribution in [0.4, 0.5) is 8.78 Å². The molecule has 1 nitrogen and oxygen atoms in total. The van der Waals surface area contributed by atoms with Gasteiger partial charge < -0.3 is 5.32 Å². The van der Waals surface area contributed by atoms with Gasteiger partial charge in [0.05, 0.1) is 0 Å². The Morgan fingerprint density at radius 3 is 2.56 bits per heavy atom. The first kappa shape index (κ1) is 13.1. The normalized spacial score (nSPS) is 14.8. The molecule has 2 unspecified atom stereocenters. The molecule has 3 heteroatoms. The second kappa shape index (κ2) is 5.94. The van der Waals surface area contributed by atoms with Gasteiger partial charge in [0.15, 0.2) is 0 Å². The van der Waals surface area contributed by atoms with Crippen molar-refractivity contribution in [2.24, 2.45) is 5.92 Å². The van der Waals surface area contributed by atoms with Crippen LogP contribution in [0.25, 0.3) is 0 Å². The van der Waals surface area contributed by atoms with Crippen molar-refractivity contribution in [1.29, 1.82) is 0 Å². The maximum atomic E-state index is 13.4. The highest BCUT2D eigenvalue weighted by Gasteiger charge is 2.16. The summed E-state index contributed by atoms with van der Waals surface area (Å²) in [6.45, 7) is 4.13. The van der Waals surface area contributed by atoms with Crippen LogP contribution in [0.3, 0.4) is 0 Å². The molecule has 0 aliphatic heterocycles. The molecule has 0 aliphatic rings. The molecule has 0 radical (unpaired) electrons. The van der Waals surface area contributed by atoms with Gasteiger partial charge in [0.1, 0.15) is 11.6 Å². The zero-order valence-corrected chi connectivity index (χ0v) is 10.1. The Kier molecular flexibility index (Phi) is 4.87. The summed E-state index contributed by atoms with van der Waals surface area (Å²) in [7, 11) is 1.90. The Hall–Kier alpha value is -0.960. The van der Waals surface area contributed by atoms with Gasteiger partial charge in [-0.2, -0.15) is 0 Å². The Bertz CT molecular complexity index is 335. The first-order valence-electron chi connectivity index (χ1n) is 5.69. The zero-order chi connectivity index (χ0) is 12.1. The highest BCUT2D eigenvalue weighted by atomic mass is 19.1. The minimum atomic E-state index is -0.374. The van der Waals surface area contributed by atoms with E-state index in [0.717, 1.165) is 12.5 Å². The van der Waals surface area contributed by atoms with Crippen molar-refractivity contribution in [2.45, 2.75) is 32.7 Å². The number of hydrogen-bond acceptors (Lipinski definition) is 1. The molecule has 1 aromatic carbocycles. The molecular formula is C13H19F2N. The van der Waals surface area contributed by atoms with E-state index in [1.165, 1.54) is 12.1 Å². The monoisotopic (exact) mass is 227 g/mol. The average Bonchev–Trinajstić information content (AvgIpc) is 2.25. The fourth-order valence-electron chi connectivity index (χ4n) is 2.08. The first-order chi connectivity index (χ1) is 7.58. The van der Waals surface area contributed by atoms with E-state index in [0.29, 0.717) is 18.0 Å². The van der Waals surface area contributed by atoms with Crippen LogP contribution in [0.15, 0.2) is 18.2 Å². The van der Waals surface area contributed by atoms with Crippen LogP contribution in [0.2, 0.25) is 0 Å². The zero-order valence-electron chi connectivity index (χ0n) is 10.1. The molecule has 2 atom stereocenters. The summed E-state index contributed by atoms with van der Waals surface area (Å²) in [4.78, 5) is 0. The number of hydrogen-bond donors (Lipinski definition) is 1. The van der Waals surface area contributed by atoms with E-state index in [2.05, 4.69) is 19.2 Å². The average molecular weight is 227 g/mol.